The molecule has 0 atom stereocenters. The van der Waals surface area contributed by atoms with E-state index in [9.17, 15) is 14.9 Å². The predicted octanol–water partition coefficient (Wildman–Crippen LogP) is 2.68. The second-order valence-electron chi connectivity index (χ2n) is 3.10. The van der Waals surface area contributed by atoms with Crippen LogP contribution in [0, 0.1) is 20.6 Å². The number of ether oxygens (including phenoxy) is 1. The van der Waals surface area contributed by atoms with Crippen LogP contribution in [0.15, 0.2) is 12.1 Å². The standard InChI is InChI=1S/C10H10INO4/c1-3-16-10(13)8-5-7(12(14)15)4-6(2)9(8)11/h4-5H,3H2,1-2H3. The van der Waals surface area contributed by atoms with Crippen LogP contribution < -0.4 is 0 Å². The minimum Gasteiger partial charge on any atom is -0.462 e. The number of carbonyl (C=O) groups is 1. The quantitative estimate of drug-likeness (QED) is 0.369. The summed E-state index contributed by atoms with van der Waals surface area (Å²) in [5.41, 5.74) is 0.841. The number of carbonyl (C=O) groups excluding carboxylic acids is 1. The van der Waals surface area contributed by atoms with Gasteiger partial charge in [0.15, 0.2) is 0 Å². The lowest BCUT2D eigenvalue weighted by molar-refractivity contribution is -0.385. The first-order valence-corrected chi connectivity index (χ1v) is 5.67. The van der Waals surface area contributed by atoms with Crippen molar-refractivity contribution in [3.05, 3.63) is 36.9 Å². The lowest BCUT2D eigenvalue weighted by atomic mass is 10.1. The zero-order valence-electron chi connectivity index (χ0n) is 8.82. The van der Waals surface area contributed by atoms with Crippen LogP contribution in [0.4, 0.5) is 5.69 Å². The van der Waals surface area contributed by atoms with Gasteiger partial charge in [0, 0.05) is 15.7 Å². The van der Waals surface area contributed by atoms with Crippen molar-refractivity contribution < 1.29 is 14.5 Å². The molecule has 1 rings (SSSR count). The Kier molecular flexibility index (Phi) is 4.22. The Morgan fingerprint density at radius 2 is 2.19 bits per heavy atom. The van der Waals surface area contributed by atoms with Crippen molar-refractivity contribution in [2.75, 3.05) is 6.61 Å². The van der Waals surface area contributed by atoms with E-state index in [1.807, 2.05) is 22.6 Å². The molecule has 0 aliphatic rings. The molecule has 0 heterocycles. The normalized spacial score (nSPS) is 9.94. The lowest BCUT2D eigenvalue weighted by Gasteiger charge is -2.06. The summed E-state index contributed by atoms with van der Waals surface area (Å²) in [7, 11) is 0. The van der Waals surface area contributed by atoms with Crippen LogP contribution in [0.25, 0.3) is 0 Å². The summed E-state index contributed by atoms with van der Waals surface area (Å²) in [5.74, 6) is -0.529. The van der Waals surface area contributed by atoms with Crippen molar-refractivity contribution in [2.24, 2.45) is 0 Å². The largest absolute Gasteiger partial charge is 0.462 e. The molecule has 0 amide bonds. The molecule has 0 saturated carbocycles. The maximum atomic E-state index is 11.5. The molecule has 5 nitrogen and oxygen atoms in total. The third-order valence-corrected chi connectivity index (χ3v) is 3.38. The maximum absolute atomic E-state index is 11.5. The summed E-state index contributed by atoms with van der Waals surface area (Å²) < 4.78 is 5.51. The predicted molar refractivity (Wildman–Crippen MR) is 66.5 cm³/mol. The molecule has 0 fully saturated rings. The van der Waals surface area contributed by atoms with Gasteiger partial charge in [-0.05, 0) is 42.0 Å². The number of nitrogens with zero attached hydrogens (tertiary/aromatic N) is 1. The van der Waals surface area contributed by atoms with E-state index in [1.165, 1.54) is 12.1 Å². The molecule has 0 bridgehead atoms. The summed E-state index contributed by atoms with van der Waals surface area (Å²) >= 11 is 1.98. The number of hydrogen-bond donors (Lipinski definition) is 0. The zero-order valence-corrected chi connectivity index (χ0v) is 11.0. The molecular formula is C10H10INO4. The van der Waals surface area contributed by atoms with E-state index in [4.69, 9.17) is 4.74 Å². The number of rotatable bonds is 3. The molecule has 0 radical (unpaired) electrons. The van der Waals surface area contributed by atoms with Gasteiger partial charge >= 0.3 is 5.97 Å². The van der Waals surface area contributed by atoms with Crippen LogP contribution in [0.2, 0.25) is 0 Å². The van der Waals surface area contributed by atoms with Gasteiger partial charge in [0.25, 0.3) is 5.69 Å². The fourth-order valence-electron chi connectivity index (χ4n) is 1.21. The van der Waals surface area contributed by atoms with E-state index in [1.54, 1.807) is 13.8 Å². The van der Waals surface area contributed by atoms with Gasteiger partial charge in [0.05, 0.1) is 17.1 Å². The summed E-state index contributed by atoms with van der Waals surface area (Å²) in [5, 5.41) is 10.6. The maximum Gasteiger partial charge on any atom is 0.339 e. The van der Waals surface area contributed by atoms with Gasteiger partial charge in [-0.1, -0.05) is 0 Å². The van der Waals surface area contributed by atoms with Crippen molar-refractivity contribution in [2.45, 2.75) is 13.8 Å². The van der Waals surface area contributed by atoms with Crippen LogP contribution in [0.5, 0.6) is 0 Å². The second kappa shape index (κ2) is 5.24. The molecule has 0 N–H and O–H groups in total. The number of nitro groups is 1. The highest BCUT2D eigenvalue weighted by molar-refractivity contribution is 14.1. The summed E-state index contributed by atoms with van der Waals surface area (Å²) in [6.45, 7) is 3.66. The van der Waals surface area contributed by atoms with Gasteiger partial charge in [0.2, 0.25) is 0 Å². The van der Waals surface area contributed by atoms with Gasteiger partial charge < -0.3 is 4.74 Å². The number of halogens is 1. The van der Waals surface area contributed by atoms with E-state index in [0.29, 0.717) is 9.13 Å². The highest BCUT2D eigenvalue weighted by Crippen LogP contribution is 2.24. The minimum absolute atomic E-state index is 0.0963. The molecular weight excluding hydrogens is 325 g/mol. The topological polar surface area (TPSA) is 69.4 Å². The van der Waals surface area contributed by atoms with Gasteiger partial charge in [-0.3, -0.25) is 10.1 Å². The highest BCUT2D eigenvalue weighted by atomic mass is 127. The van der Waals surface area contributed by atoms with E-state index in [2.05, 4.69) is 0 Å². The summed E-state index contributed by atoms with van der Waals surface area (Å²) in [6.07, 6.45) is 0. The van der Waals surface area contributed by atoms with Crippen LogP contribution in [-0.2, 0) is 4.74 Å². The molecule has 16 heavy (non-hydrogen) atoms. The third-order valence-electron chi connectivity index (χ3n) is 1.95. The molecule has 0 aromatic heterocycles. The number of esters is 1. The van der Waals surface area contributed by atoms with Crippen LogP contribution in [0.3, 0.4) is 0 Å². The monoisotopic (exact) mass is 335 g/mol. The first kappa shape index (κ1) is 12.9. The molecule has 0 aliphatic heterocycles. The number of benzene rings is 1. The average Bonchev–Trinajstić information content (AvgIpc) is 2.21. The molecule has 0 aliphatic carbocycles. The van der Waals surface area contributed by atoms with Crippen molar-refractivity contribution in [3.8, 4) is 0 Å². The number of aryl methyl sites for hydroxylation is 1. The Morgan fingerprint density at radius 1 is 1.56 bits per heavy atom. The fraction of sp³-hybridized carbons (Fsp3) is 0.300. The molecule has 1 aromatic carbocycles. The van der Waals surface area contributed by atoms with Gasteiger partial charge in [-0.25, -0.2) is 4.79 Å². The number of nitro benzene ring substituents is 1. The smallest absolute Gasteiger partial charge is 0.339 e. The van der Waals surface area contributed by atoms with Crippen molar-refractivity contribution in [1.82, 2.24) is 0 Å². The number of non-ortho nitro benzene ring substituents is 1. The molecule has 0 saturated heterocycles. The lowest BCUT2D eigenvalue weighted by Crippen LogP contribution is -2.08. The first-order chi connectivity index (χ1) is 7.47. The van der Waals surface area contributed by atoms with Crippen molar-refractivity contribution in [1.29, 1.82) is 0 Å². The van der Waals surface area contributed by atoms with Crippen LogP contribution in [-0.4, -0.2) is 17.5 Å². The van der Waals surface area contributed by atoms with Gasteiger partial charge in [0.1, 0.15) is 0 Å². The molecule has 1 aromatic rings. The zero-order chi connectivity index (χ0) is 12.3. The fourth-order valence-corrected chi connectivity index (χ4v) is 1.74. The van der Waals surface area contributed by atoms with E-state index in [0.717, 1.165) is 0 Å². The number of hydrogen-bond acceptors (Lipinski definition) is 4. The Balaban J connectivity index is 3.26. The molecule has 6 heteroatoms. The molecule has 0 unspecified atom stereocenters. The second-order valence-corrected chi connectivity index (χ2v) is 4.18. The molecule has 0 spiro atoms. The Hall–Kier alpha value is -1.18. The first-order valence-electron chi connectivity index (χ1n) is 4.59. The van der Waals surface area contributed by atoms with Gasteiger partial charge in [-0.15, -0.1) is 0 Å². The van der Waals surface area contributed by atoms with Gasteiger partial charge in [-0.2, -0.15) is 0 Å². The Morgan fingerprint density at radius 3 is 2.69 bits per heavy atom. The van der Waals surface area contributed by atoms with Crippen LogP contribution >= 0.6 is 22.6 Å². The minimum atomic E-state index is -0.529. The van der Waals surface area contributed by atoms with E-state index < -0.39 is 10.9 Å². The highest BCUT2D eigenvalue weighted by Gasteiger charge is 2.18. The Bertz CT molecular complexity index is 445. The van der Waals surface area contributed by atoms with E-state index in [-0.39, 0.29) is 17.9 Å². The van der Waals surface area contributed by atoms with Crippen LogP contribution in [0.1, 0.15) is 22.8 Å². The summed E-state index contributed by atoms with van der Waals surface area (Å²) in [4.78, 5) is 21.7. The van der Waals surface area contributed by atoms with E-state index >= 15 is 0 Å². The SMILES string of the molecule is CCOC(=O)c1cc([N+](=O)[O-])cc(C)c1I. The van der Waals surface area contributed by atoms with Crippen molar-refractivity contribution >= 4 is 34.2 Å². The summed E-state index contributed by atoms with van der Waals surface area (Å²) in [6, 6.07) is 2.68. The average molecular weight is 335 g/mol. The molecule has 86 valence electrons. The third kappa shape index (κ3) is 2.69. The Labute approximate surface area is 106 Å². The van der Waals surface area contributed by atoms with Crippen molar-refractivity contribution in [3.63, 3.8) is 0 Å².